The maximum atomic E-state index is 4.83. The monoisotopic (exact) mass is 2530 g/mol. The molecule has 0 saturated carbocycles. The second-order valence-corrected chi connectivity index (χ2v) is 141. The highest BCUT2D eigenvalue weighted by Gasteiger charge is 1.48. The van der Waals surface area contributed by atoms with Gasteiger partial charge in [0.15, 0.2) is 0 Å². The van der Waals surface area contributed by atoms with E-state index in [0.717, 1.165) is 0 Å². The first-order valence-electron chi connectivity index (χ1n) is 13.0. The summed E-state index contributed by atoms with van der Waals surface area (Å²) in [6.07, 6.45) is 0. The fourth-order valence-corrected chi connectivity index (χ4v) is 207. The predicted octanol–water partition coefficient (Wildman–Crippen LogP) is -0.190. The van der Waals surface area contributed by atoms with Gasteiger partial charge in [-0.3, -0.25) is 0 Å². The zero-order valence-electron chi connectivity index (χ0n) is 32.3. The van der Waals surface area contributed by atoms with Crippen LogP contribution in [-0.4, -0.2) is 0 Å². The van der Waals surface area contributed by atoms with Gasteiger partial charge in [0, 0.05) is 706 Å². The molecule has 0 spiro atoms. The molecule has 0 saturated heterocycles. The second kappa shape index (κ2) is 95.4. The Kier molecular flexibility index (Phi) is 116. The van der Waals surface area contributed by atoms with Crippen LogP contribution in [0.3, 0.4) is 0 Å². The molecular formula is S79. The van der Waals surface area contributed by atoms with Gasteiger partial charge in [-0.1, -0.05) is 0 Å². The molecule has 0 unspecified atom stereocenters. The van der Waals surface area contributed by atoms with Crippen molar-refractivity contribution >= 4 is 706 Å². The molecule has 0 radical (unpaired) electrons. The fourth-order valence-electron chi connectivity index (χ4n) is 0.851. The van der Waals surface area contributed by atoms with Crippen molar-refractivity contribution in [3.63, 3.8) is 0 Å². The Bertz CT molecular complexity index is 5640. The Morgan fingerprint density at radius 2 is 0.101 bits per heavy atom. The minimum Gasteiger partial charge on any atom is 0 e. The van der Waals surface area contributed by atoms with Crippen LogP contribution < -0.4 is 0 Å². The lowest BCUT2D eigenvalue weighted by Crippen LogP contribution is -1.41. The lowest BCUT2D eigenvalue weighted by molar-refractivity contribution is 5.95. The lowest BCUT2D eigenvalue weighted by Gasteiger charge is -1.41. The van der Waals surface area contributed by atoms with E-state index >= 15 is 0 Å². The van der Waals surface area contributed by atoms with Gasteiger partial charge in [0.25, 0.3) is 0 Å². The Balaban J connectivity index is 6.15. The van der Waals surface area contributed by atoms with E-state index in [4.69, 9.17) is 22.4 Å². The summed E-state index contributed by atoms with van der Waals surface area (Å²) >= 11 is 9.65. The molecule has 474 valence electrons. The Morgan fingerprint density at radius 1 is 0.0633 bits per heavy atom. The molecule has 0 aliphatic heterocycles. The molecular weight excluding hydrogens is 2530 g/mol. The van der Waals surface area contributed by atoms with E-state index in [-0.39, 0.29) is 0 Å². The van der Waals surface area contributed by atoms with Gasteiger partial charge in [-0.05, 0) is 0 Å². The predicted molar refractivity (Wildman–Crippen MR) is 582 cm³/mol. The van der Waals surface area contributed by atoms with Gasteiger partial charge in [0.05, 0.1) is 0 Å². The van der Waals surface area contributed by atoms with E-state index in [9.17, 15) is 0 Å². The summed E-state index contributed by atoms with van der Waals surface area (Å²) < 4.78 is 0. The maximum Gasteiger partial charge on any atom is 0 e. The second-order valence-electron chi connectivity index (χ2n) is 5.24. The molecule has 0 atom stereocenters. The molecule has 79 heteroatoms. The zero-order chi connectivity index (χ0) is 56.4. The molecule has 0 rings (SSSR count). The molecule has 79 heavy (non-hydrogen) atoms. The van der Waals surface area contributed by atoms with Crippen LogP contribution in [0.2, 0.25) is 0 Å². The van der Waals surface area contributed by atoms with Gasteiger partial charge in [-0.15, -0.1) is 0 Å². The molecule has 0 aliphatic carbocycles. The third-order valence-electron chi connectivity index (χ3n) is 2.11. The van der Waals surface area contributed by atoms with Crippen molar-refractivity contribution in [2.45, 2.75) is 0 Å². The zero-order valence-corrected chi connectivity index (χ0v) is 96.8. The average Bonchev–Trinajstić information content (AvgIpc) is 3.46. The van der Waals surface area contributed by atoms with Gasteiger partial charge in [-0.25, -0.2) is 0 Å². The first-order valence-corrected chi connectivity index (χ1v) is 117. The van der Waals surface area contributed by atoms with Crippen molar-refractivity contribution in [3.8, 4) is 0 Å². The van der Waals surface area contributed by atoms with Crippen LogP contribution >= 0.6 is 0 Å². The largest absolute Gasteiger partial charge is 0 e. The molecule has 0 aromatic heterocycles. The molecule has 0 fully saturated rings. The van der Waals surface area contributed by atoms with Crippen molar-refractivity contribution in [2.24, 2.45) is 0 Å². The number of hydrogen-bond acceptors (Lipinski definition) is 2. The van der Waals surface area contributed by atoms with Crippen LogP contribution in [0.5, 0.6) is 0 Å². The van der Waals surface area contributed by atoms with Crippen LogP contribution in [0.25, 0.3) is 0 Å². The third-order valence-corrected chi connectivity index (χ3v) is 171. The molecule has 0 nitrogen and oxygen atoms in total. The lowest BCUT2D eigenvalue weighted by atomic mass is 30.7. The molecule has 0 amide bonds. The van der Waals surface area contributed by atoms with Crippen molar-refractivity contribution < 1.29 is 0 Å². The topological polar surface area (TPSA) is 0 Å². The van der Waals surface area contributed by atoms with Gasteiger partial charge in [-0.2, -0.15) is 0 Å². The normalized spacial score (nSPS) is 7.85. The Hall–Kier alpha value is 17.4. The van der Waals surface area contributed by atoms with Crippen molar-refractivity contribution in [2.75, 3.05) is 0 Å². The van der Waals surface area contributed by atoms with E-state index in [1.807, 2.05) is 559 Å². The quantitative estimate of drug-likeness (QED) is 0.331. The van der Waals surface area contributed by atoms with Crippen molar-refractivity contribution in [3.05, 3.63) is 0 Å². The standard InChI is InChI=1S/S79/c1-3-5-7-9-11-13-15-17-19-21-23-25-27-29-31-33-35-37-39-41-43-45-47-49-51-53-55-57-59-61-63-65-67-69-71-73-75-77-79-78-76-74-72-70-68-66-64-62-60-58-56-54-52-50-48-46-44-42-40-38-36-34-32-30-28-26-24-22-20-18-16-14-12-10-8-6-4-2. The van der Waals surface area contributed by atoms with Crippen LogP contribution in [0.15, 0.2) is 0 Å². The van der Waals surface area contributed by atoms with E-state index in [1.165, 1.54) is 17.8 Å². The van der Waals surface area contributed by atoms with E-state index in [0.29, 0.717) is 0 Å². The summed E-state index contributed by atoms with van der Waals surface area (Å²) in [7, 11) is 139. The molecule has 0 heterocycles. The average molecular weight is 2530 g/mol. The smallest absolute Gasteiger partial charge is 0 e. The molecule has 0 bridgehead atoms. The molecule has 0 aromatic rings. The highest BCUT2D eigenvalue weighted by atomic mass is 33.6. The summed E-state index contributed by atoms with van der Waals surface area (Å²) in [4.78, 5) is 0. The van der Waals surface area contributed by atoms with E-state index in [2.05, 4.69) is 0 Å². The SMILES string of the molecule is S=S=S=S=S=S=S=S=S=S=S=S=S=S=S=S=S=S=S=S=S=S=S=S=S=S=S=S=S=S=S=S=S=S=S=S=S=S=S=S=S=S=S=S=S=S=S=S=S=S=S=S=S=S=S=S=S=S=S=S=S=S=S=S=S=S=S=S=S=S=S=S=S=S=S=S=S=S=S. The van der Waals surface area contributed by atoms with Crippen LogP contribution in [0.4, 0.5) is 0 Å². The van der Waals surface area contributed by atoms with E-state index in [1.54, 1.807) is 107 Å². The molecule has 0 aromatic carbocycles. The summed E-state index contributed by atoms with van der Waals surface area (Å²) in [5.41, 5.74) is 0. The van der Waals surface area contributed by atoms with Gasteiger partial charge < -0.3 is 0 Å². The van der Waals surface area contributed by atoms with Gasteiger partial charge in [0.1, 0.15) is 0 Å². The fraction of sp³-hybridized carbons (Fsp3) is 0. The van der Waals surface area contributed by atoms with Gasteiger partial charge >= 0.3 is 0 Å². The molecule has 0 aliphatic rings. The summed E-state index contributed by atoms with van der Waals surface area (Å²) in [5.74, 6) is 0. The number of hydrogen-bond donors (Lipinski definition) is 0. The highest BCUT2D eigenvalue weighted by Crippen LogP contribution is 1.48. The first-order chi connectivity index (χ1) is 39.4. The van der Waals surface area contributed by atoms with Gasteiger partial charge in [0.2, 0.25) is 0 Å². The first kappa shape index (κ1) is 96.4. The highest BCUT2D eigenvalue weighted by molar-refractivity contribution is 8.85. The number of rotatable bonds is 0. The Morgan fingerprint density at radius 3 is 0.139 bits per heavy atom. The minimum atomic E-state index is 1.37. The summed E-state index contributed by atoms with van der Waals surface area (Å²) in [5, 5.41) is 0. The van der Waals surface area contributed by atoms with Crippen molar-refractivity contribution in [1.29, 1.82) is 0 Å². The van der Waals surface area contributed by atoms with Crippen LogP contribution in [0, 0.1) is 0 Å². The maximum absolute atomic E-state index is 4.83. The third kappa shape index (κ3) is 95.4. The summed E-state index contributed by atoms with van der Waals surface area (Å²) in [6.45, 7) is 0. The summed E-state index contributed by atoms with van der Waals surface area (Å²) in [6, 6.07) is 0. The minimum absolute atomic E-state index is 1.37. The molecule has 0 N–H and O–H groups in total. The van der Waals surface area contributed by atoms with Crippen LogP contribution in [0.1, 0.15) is 0 Å². The van der Waals surface area contributed by atoms with E-state index < -0.39 is 0 Å². The Labute approximate surface area is 684 Å². The van der Waals surface area contributed by atoms with Crippen molar-refractivity contribution in [1.82, 2.24) is 0 Å². The van der Waals surface area contributed by atoms with Crippen LogP contribution in [-0.2, 0) is 706 Å².